The van der Waals surface area contributed by atoms with Crippen LogP contribution in [0.1, 0.15) is 16.7 Å². The molecule has 0 aliphatic carbocycles. The Morgan fingerprint density at radius 3 is 2.35 bits per heavy atom. The number of rotatable bonds is 8. The Labute approximate surface area is 138 Å². The number of ether oxygens (including phenoxy) is 1. The molecule has 0 heterocycles. The maximum absolute atomic E-state index is 11.8. The van der Waals surface area contributed by atoms with Crippen molar-refractivity contribution in [2.24, 2.45) is 0 Å². The molecule has 0 unspecified atom stereocenters. The molecule has 0 atom stereocenters. The zero-order valence-corrected chi connectivity index (χ0v) is 15.1. The number of amides is 1. The molecule has 2 N–H and O–H groups in total. The van der Waals surface area contributed by atoms with E-state index in [1.165, 1.54) is 14.1 Å². The number of benzene rings is 1. The Morgan fingerprint density at radius 2 is 1.74 bits per heavy atom. The molecule has 0 saturated heterocycles. The molecule has 0 aliphatic rings. The van der Waals surface area contributed by atoms with E-state index in [0.29, 0.717) is 5.75 Å². The molecule has 130 valence electrons. The maximum atomic E-state index is 11.8. The summed E-state index contributed by atoms with van der Waals surface area (Å²) in [5.41, 5.74) is 3.08. The van der Waals surface area contributed by atoms with Crippen LogP contribution in [0, 0.1) is 20.8 Å². The lowest BCUT2D eigenvalue weighted by atomic mass is 10.1. The summed E-state index contributed by atoms with van der Waals surface area (Å²) in [5, 5.41) is 2.61. The molecule has 0 saturated carbocycles. The van der Waals surface area contributed by atoms with E-state index in [-0.39, 0.29) is 25.6 Å². The lowest BCUT2D eigenvalue weighted by molar-refractivity contribution is -0.123. The van der Waals surface area contributed by atoms with E-state index in [9.17, 15) is 13.2 Å². The molecule has 1 amide bonds. The Bertz CT molecular complexity index is 657. The van der Waals surface area contributed by atoms with Gasteiger partial charge >= 0.3 is 0 Å². The standard InChI is InChI=1S/C15H25N3O4S/c1-11-6-7-12(2)15(13(11)3)22-10-14(19)16-8-9-17-23(20,21)18(4)5/h6-7,17H,8-10H2,1-5H3,(H,16,19). The largest absolute Gasteiger partial charge is 0.483 e. The van der Waals surface area contributed by atoms with Crippen LogP contribution in [0.3, 0.4) is 0 Å². The highest BCUT2D eigenvalue weighted by molar-refractivity contribution is 7.87. The number of hydrogen-bond donors (Lipinski definition) is 2. The van der Waals surface area contributed by atoms with E-state index in [4.69, 9.17) is 4.74 Å². The molecule has 0 spiro atoms. The van der Waals surface area contributed by atoms with Crippen LogP contribution in [0.5, 0.6) is 5.75 Å². The van der Waals surface area contributed by atoms with Gasteiger partial charge in [-0.25, -0.2) is 4.72 Å². The topological polar surface area (TPSA) is 87.7 Å². The summed E-state index contributed by atoms with van der Waals surface area (Å²) in [6.45, 7) is 6.07. The molecular weight excluding hydrogens is 318 g/mol. The summed E-state index contributed by atoms with van der Waals surface area (Å²) < 4.78 is 32.0. The Morgan fingerprint density at radius 1 is 1.13 bits per heavy atom. The van der Waals surface area contributed by atoms with Gasteiger partial charge in [0.15, 0.2) is 6.61 Å². The van der Waals surface area contributed by atoms with Crippen LogP contribution in [0.4, 0.5) is 0 Å². The normalized spacial score (nSPS) is 11.6. The zero-order chi connectivity index (χ0) is 17.6. The molecule has 0 radical (unpaired) electrons. The lowest BCUT2D eigenvalue weighted by Crippen LogP contribution is -2.41. The van der Waals surface area contributed by atoms with Crippen molar-refractivity contribution in [3.8, 4) is 5.75 Å². The van der Waals surface area contributed by atoms with Crippen molar-refractivity contribution < 1.29 is 17.9 Å². The first-order valence-corrected chi connectivity index (χ1v) is 8.72. The Balaban J connectivity index is 2.40. The van der Waals surface area contributed by atoms with E-state index in [1.54, 1.807) is 0 Å². The number of hydrogen-bond acceptors (Lipinski definition) is 4. The quantitative estimate of drug-likeness (QED) is 0.673. The minimum absolute atomic E-state index is 0.106. The highest BCUT2D eigenvalue weighted by Crippen LogP contribution is 2.25. The van der Waals surface area contributed by atoms with E-state index in [2.05, 4.69) is 10.0 Å². The van der Waals surface area contributed by atoms with Crippen LogP contribution < -0.4 is 14.8 Å². The second kappa shape index (κ2) is 8.28. The van der Waals surface area contributed by atoms with Gasteiger partial charge in [-0.3, -0.25) is 4.79 Å². The van der Waals surface area contributed by atoms with Gasteiger partial charge in [-0.1, -0.05) is 12.1 Å². The maximum Gasteiger partial charge on any atom is 0.278 e. The van der Waals surface area contributed by atoms with Crippen LogP contribution in [0.25, 0.3) is 0 Å². The van der Waals surface area contributed by atoms with Crippen molar-refractivity contribution in [1.82, 2.24) is 14.3 Å². The molecule has 23 heavy (non-hydrogen) atoms. The minimum atomic E-state index is -3.47. The smallest absolute Gasteiger partial charge is 0.278 e. The van der Waals surface area contributed by atoms with E-state index in [0.717, 1.165) is 21.0 Å². The summed E-state index contributed by atoms with van der Waals surface area (Å²) in [6, 6.07) is 3.96. The van der Waals surface area contributed by atoms with Gasteiger partial charge in [0, 0.05) is 27.2 Å². The Hall–Kier alpha value is -1.64. The fourth-order valence-corrected chi connectivity index (χ4v) is 2.47. The first-order valence-electron chi connectivity index (χ1n) is 7.28. The number of carbonyl (C=O) groups excluding carboxylic acids is 1. The van der Waals surface area contributed by atoms with Gasteiger partial charge in [-0.2, -0.15) is 12.7 Å². The van der Waals surface area contributed by atoms with Gasteiger partial charge < -0.3 is 10.1 Å². The zero-order valence-electron chi connectivity index (χ0n) is 14.3. The molecule has 1 rings (SSSR count). The first-order chi connectivity index (χ1) is 10.6. The van der Waals surface area contributed by atoms with Crippen LogP contribution in [0.15, 0.2) is 12.1 Å². The highest BCUT2D eigenvalue weighted by atomic mass is 32.2. The van der Waals surface area contributed by atoms with E-state index in [1.807, 2.05) is 32.9 Å². The van der Waals surface area contributed by atoms with Crippen molar-refractivity contribution in [3.63, 3.8) is 0 Å². The molecule has 0 aromatic heterocycles. The average molecular weight is 343 g/mol. The molecule has 1 aromatic rings. The summed E-state index contributed by atoms with van der Waals surface area (Å²) in [6.07, 6.45) is 0. The Kier molecular flexibility index (Phi) is 6.99. The molecule has 0 fully saturated rings. The van der Waals surface area contributed by atoms with Gasteiger partial charge in [0.05, 0.1) is 0 Å². The average Bonchev–Trinajstić information content (AvgIpc) is 2.47. The lowest BCUT2D eigenvalue weighted by Gasteiger charge is -2.14. The number of nitrogens with one attached hydrogen (secondary N) is 2. The minimum Gasteiger partial charge on any atom is -0.483 e. The fraction of sp³-hybridized carbons (Fsp3) is 0.533. The van der Waals surface area contributed by atoms with E-state index >= 15 is 0 Å². The third kappa shape index (κ3) is 5.81. The second-order valence-electron chi connectivity index (χ2n) is 5.47. The summed E-state index contributed by atoms with van der Waals surface area (Å²) in [5.74, 6) is 0.419. The number of aryl methyl sites for hydroxylation is 2. The SMILES string of the molecule is Cc1ccc(C)c(OCC(=O)NCCNS(=O)(=O)N(C)C)c1C. The van der Waals surface area contributed by atoms with Crippen LogP contribution >= 0.6 is 0 Å². The van der Waals surface area contributed by atoms with Crippen LogP contribution in [-0.4, -0.2) is 52.4 Å². The fourth-order valence-electron chi connectivity index (χ4n) is 1.85. The predicted octanol–water partition coefficient (Wildman–Crippen LogP) is 0.503. The van der Waals surface area contributed by atoms with Crippen molar-refractivity contribution in [2.75, 3.05) is 33.8 Å². The predicted molar refractivity (Wildman–Crippen MR) is 89.8 cm³/mol. The summed E-state index contributed by atoms with van der Waals surface area (Å²) in [4.78, 5) is 11.8. The van der Waals surface area contributed by atoms with Crippen LogP contribution in [-0.2, 0) is 15.0 Å². The molecular formula is C15H25N3O4S. The van der Waals surface area contributed by atoms with Crippen molar-refractivity contribution in [1.29, 1.82) is 0 Å². The van der Waals surface area contributed by atoms with Gasteiger partial charge in [-0.05, 0) is 37.5 Å². The van der Waals surface area contributed by atoms with Crippen LogP contribution in [0.2, 0.25) is 0 Å². The van der Waals surface area contributed by atoms with Crippen molar-refractivity contribution in [3.05, 3.63) is 28.8 Å². The second-order valence-corrected chi connectivity index (χ2v) is 7.44. The monoisotopic (exact) mass is 343 g/mol. The van der Waals surface area contributed by atoms with Crippen molar-refractivity contribution >= 4 is 16.1 Å². The molecule has 1 aromatic carbocycles. The van der Waals surface area contributed by atoms with E-state index < -0.39 is 10.2 Å². The third-order valence-electron chi connectivity index (χ3n) is 3.43. The van der Waals surface area contributed by atoms with Crippen molar-refractivity contribution in [2.45, 2.75) is 20.8 Å². The number of nitrogens with zero attached hydrogens (tertiary/aromatic N) is 1. The third-order valence-corrected chi connectivity index (χ3v) is 4.96. The highest BCUT2D eigenvalue weighted by Gasteiger charge is 2.12. The first kappa shape index (κ1) is 19.4. The van der Waals surface area contributed by atoms with Gasteiger partial charge in [0.1, 0.15) is 5.75 Å². The molecule has 0 aliphatic heterocycles. The van der Waals surface area contributed by atoms with Gasteiger partial charge in [0.2, 0.25) is 0 Å². The molecule has 7 nitrogen and oxygen atoms in total. The molecule has 0 bridgehead atoms. The summed E-state index contributed by atoms with van der Waals surface area (Å²) in [7, 11) is -0.603. The van der Waals surface area contributed by atoms with Gasteiger partial charge in [-0.15, -0.1) is 0 Å². The number of carbonyl (C=O) groups is 1. The molecule has 8 heteroatoms. The summed E-state index contributed by atoms with van der Waals surface area (Å²) >= 11 is 0. The van der Waals surface area contributed by atoms with Gasteiger partial charge in [0.25, 0.3) is 16.1 Å².